The van der Waals surface area contributed by atoms with Crippen LogP contribution in [0.1, 0.15) is 32.0 Å². The normalized spacial score (nSPS) is 10.6. The topological polar surface area (TPSA) is 70.9 Å². The highest BCUT2D eigenvalue weighted by Crippen LogP contribution is 2.34. The minimum atomic E-state index is 0.198. The standard InChI is InChI=1S/C16H21N5/c1-12(2)21-16(15(18)13(3)19-21)20(11-7-10-17)14-8-5-4-6-9-14/h4-6,8-9,12H,7,11,18H2,1-3H3. The molecule has 0 atom stereocenters. The van der Waals surface area contributed by atoms with Crippen LogP contribution in [0.4, 0.5) is 17.2 Å². The number of anilines is 3. The van der Waals surface area contributed by atoms with Crippen LogP contribution in [0, 0.1) is 18.3 Å². The average molecular weight is 283 g/mol. The maximum absolute atomic E-state index is 8.93. The molecule has 0 aliphatic rings. The highest BCUT2D eigenvalue weighted by atomic mass is 15.4. The van der Waals surface area contributed by atoms with Crippen molar-refractivity contribution in [2.75, 3.05) is 17.2 Å². The van der Waals surface area contributed by atoms with Crippen LogP contribution in [0.15, 0.2) is 30.3 Å². The smallest absolute Gasteiger partial charge is 0.155 e. The van der Waals surface area contributed by atoms with Crippen LogP contribution >= 0.6 is 0 Å². The summed E-state index contributed by atoms with van der Waals surface area (Å²) in [4.78, 5) is 2.07. The zero-order valence-corrected chi connectivity index (χ0v) is 12.7. The van der Waals surface area contributed by atoms with E-state index in [9.17, 15) is 0 Å². The van der Waals surface area contributed by atoms with Crippen LogP contribution < -0.4 is 10.6 Å². The van der Waals surface area contributed by atoms with E-state index in [0.717, 1.165) is 17.2 Å². The van der Waals surface area contributed by atoms with Gasteiger partial charge in [0.25, 0.3) is 0 Å². The van der Waals surface area contributed by atoms with Gasteiger partial charge < -0.3 is 10.6 Å². The van der Waals surface area contributed by atoms with Crippen LogP contribution in [-0.2, 0) is 0 Å². The molecule has 5 heteroatoms. The third-order valence-corrected chi connectivity index (χ3v) is 3.37. The van der Waals surface area contributed by atoms with Gasteiger partial charge in [0.1, 0.15) is 0 Å². The van der Waals surface area contributed by atoms with Gasteiger partial charge in [0, 0.05) is 18.3 Å². The lowest BCUT2D eigenvalue weighted by Gasteiger charge is -2.26. The van der Waals surface area contributed by atoms with E-state index in [-0.39, 0.29) is 6.04 Å². The van der Waals surface area contributed by atoms with E-state index in [1.807, 2.05) is 41.9 Å². The molecule has 21 heavy (non-hydrogen) atoms. The second-order valence-corrected chi connectivity index (χ2v) is 5.26. The first-order valence-corrected chi connectivity index (χ1v) is 7.10. The molecule has 1 aromatic heterocycles. The van der Waals surface area contributed by atoms with Crippen LogP contribution in [0.2, 0.25) is 0 Å². The number of aromatic nitrogens is 2. The summed E-state index contributed by atoms with van der Waals surface area (Å²) in [5.74, 6) is 0.865. The molecule has 5 nitrogen and oxygen atoms in total. The molecular weight excluding hydrogens is 262 g/mol. The molecule has 110 valence electrons. The number of aryl methyl sites for hydroxylation is 1. The van der Waals surface area contributed by atoms with E-state index in [4.69, 9.17) is 11.0 Å². The monoisotopic (exact) mass is 283 g/mol. The minimum absolute atomic E-state index is 0.198. The SMILES string of the molecule is Cc1nn(C(C)C)c(N(CCC#N)c2ccccc2)c1N. The van der Waals surface area contributed by atoms with Gasteiger partial charge in [0.05, 0.1) is 23.9 Å². The number of hydrogen-bond donors (Lipinski definition) is 1. The molecule has 1 heterocycles. The summed E-state index contributed by atoms with van der Waals surface area (Å²) in [6, 6.07) is 12.4. The van der Waals surface area contributed by atoms with E-state index < -0.39 is 0 Å². The Balaban J connectivity index is 2.54. The first-order chi connectivity index (χ1) is 10.1. The molecule has 0 saturated heterocycles. The van der Waals surface area contributed by atoms with Gasteiger partial charge in [-0.2, -0.15) is 10.4 Å². The van der Waals surface area contributed by atoms with Crippen molar-refractivity contribution in [1.29, 1.82) is 5.26 Å². The van der Waals surface area contributed by atoms with Gasteiger partial charge in [0.15, 0.2) is 5.82 Å². The number of nitriles is 1. The maximum atomic E-state index is 8.93. The second-order valence-electron chi connectivity index (χ2n) is 5.26. The van der Waals surface area contributed by atoms with Crippen molar-refractivity contribution in [3.63, 3.8) is 0 Å². The Labute approximate surface area is 125 Å². The lowest BCUT2D eigenvalue weighted by molar-refractivity contribution is 0.528. The number of nitrogens with two attached hydrogens (primary N) is 1. The van der Waals surface area contributed by atoms with Gasteiger partial charge in [-0.15, -0.1) is 0 Å². The molecule has 0 aliphatic heterocycles. The zero-order chi connectivity index (χ0) is 15.4. The number of nitrogen functional groups attached to an aromatic ring is 1. The average Bonchev–Trinajstić information content (AvgIpc) is 2.78. The van der Waals surface area contributed by atoms with Crippen molar-refractivity contribution < 1.29 is 0 Å². The predicted molar refractivity (Wildman–Crippen MR) is 85.4 cm³/mol. The van der Waals surface area contributed by atoms with Gasteiger partial charge in [-0.3, -0.25) is 0 Å². The molecule has 0 aliphatic carbocycles. The fourth-order valence-electron chi connectivity index (χ4n) is 2.30. The highest BCUT2D eigenvalue weighted by Gasteiger charge is 2.21. The summed E-state index contributed by atoms with van der Waals surface area (Å²) < 4.78 is 1.93. The van der Waals surface area contributed by atoms with Crippen LogP contribution in [0.5, 0.6) is 0 Å². The zero-order valence-electron chi connectivity index (χ0n) is 12.7. The molecule has 0 unspecified atom stereocenters. The molecule has 2 aromatic rings. The largest absolute Gasteiger partial charge is 0.394 e. The molecule has 0 saturated carbocycles. The van der Waals surface area contributed by atoms with E-state index in [0.29, 0.717) is 18.7 Å². The van der Waals surface area contributed by atoms with E-state index >= 15 is 0 Å². The third kappa shape index (κ3) is 3.00. The molecular formula is C16H21N5. The van der Waals surface area contributed by atoms with Crippen molar-refractivity contribution in [2.24, 2.45) is 0 Å². The quantitative estimate of drug-likeness (QED) is 0.912. The number of nitrogens with zero attached hydrogens (tertiary/aromatic N) is 4. The van der Waals surface area contributed by atoms with Crippen molar-refractivity contribution in [1.82, 2.24) is 9.78 Å². The Hall–Kier alpha value is -2.48. The third-order valence-electron chi connectivity index (χ3n) is 3.37. The maximum Gasteiger partial charge on any atom is 0.155 e. The Morgan fingerprint density at radius 2 is 2.00 bits per heavy atom. The Morgan fingerprint density at radius 1 is 1.33 bits per heavy atom. The molecule has 0 spiro atoms. The number of rotatable bonds is 5. The summed E-state index contributed by atoms with van der Waals surface area (Å²) >= 11 is 0. The van der Waals surface area contributed by atoms with Gasteiger partial charge in [0.2, 0.25) is 0 Å². The summed E-state index contributed by atoms with van der Waals surface area (Å²) in [7, 11) is 0. The lowest BCUT2D eigenvalue weighted by Crippen LogP contribution is -2.23. The molecule has 0 amide bonds. The van der Waals surface area contributed by atoms with Gasteiger partial charge >= 0.3 is 0 Å². The van der Waals surface area contributed by atoms with Crippen molar-refractivity contribution >= 4 is 17.2 Å². The molecule has 0 fully saturated rings. The summed E-state index contributed by atoms with van der Waals surface area (Å²) in [6.45, 7) is 6.64. The summed E-state index contributed by atoms with van der Waals surface area (Å²) in [6.07, 6.45) is 0.427. The lowest BCUT2D eigenvalue weighted by atomic mass is 10.2. The second kappa shape index (κ2) is 6.31. The fourth-order valence-corrected chi connectivity index (χ4v) is 2.30. The van der Waals surface area contributed by atoms with Gasteiger partial charge in [-0.05, 0) is 32.9 Å². The van der Waals surface area contributed by atoms with Crippen LogP contribution in [-0.4, -0.2) is 16.3 Å². The number of para-hydroxylation sites is 1. The van der Waals surface area contributed by atoms with Crippen LogP contribution in [0.3, 0.4) is 0 Å². The first-order valence-electron chi connectivity index (χ1n) is 7.10. The summed E-state index contributed by atoms with van der Waals surface area (Å²) in [5, 5.41) is 13.5. The van der Waals surface area contributed by atoms with Gasteiger partial charge in [-0.1, -0.05) is 18.2 Å². The molecule has 2 rings (SSSR count). The van der Waals surface area contributed by atoms with Gasteiger partial charge in [-0.25, -0.2) is 4.68 Å². The first kappa shape index (κ1) is 14.9. The summed E-state index contributed by atoms with van der Waals surface area (Å²) in [5.41, 5.74) is 8.75. The number of benzene rings is 1. The van der Waals surface area contributed by atoms with E-state index in [1.54, 1.807) is 0 Å². The Bertz CT molecular complexity index is 637. The Morgan fingerprint density at radius 3 is 2.57 bits per heavy atom. The fraction of sp³-hybridized carbons (Fsp3) is 0.375. The Kier molecular flexibility index (Phi) is 4.49. The van der Waals surface area contributed by atoms with Crippen molar-refractivity contribution in [3.8, 4) is 6.07 Å². The number of hydrogen-bond acceptors (Lipinski definition) is 4. The molecule has 2 N–H and O–H groups in total. The minimum Gasteiger partial charge on any atom is -0.394 e. The van der Waals surface area contributed by atoms with E-state index in [1.165, 1.54) is 0 Å². The molecule has 0 bridgehead atoms. The van der Waals surface area contributed by atoms with E-state index in [2.05, 4.69) is 29.9 Å². The predicted octanol–water partition coefficient (Wildman–Crippen LogP) is 3.41. The van der Waals surface area contributed by atoms with Crippen molar-refractivity contribution in [3.05, 3.63) is 36.0 Å². The molecule has 1 aromatic carbocycles. The van der Waals surface area contributed by atoms with Crippen LogP contribution in [0.25, 0.3) is 0 Å². The highest BCUT2D eigenvalue weighted by molar-refractivity contribution is 5.73. The van der Waals surface area contributed by atoms with Crippen molar-refractivity contribution in [2.45, 2.75) is 33.2 Å². The molecule has 0 radical (unpaired) electrons.